The molecule has 5 heteroatoms. The number of benzene rings is 1. The van der Waals surface area contributed by atoms with Gasteiger partial charge in [-0.3, -0.25) is 9.69 Å². The van der Waals surface area contributed by atoms with Gasteiger partial charge >= 0.3 is 6.03 Å². The maximum absolute atomic E-state index is 12.6. The summed E-state index contributed by atoms with van der Waals surface area (Å²) in [5, 5.41) is 2.78. The zero-order chi connectivity index (χ0) is 15.2. The Labute approximate surface area is 119 Å². The summed E-state index contributed by atoms with van der Waals surface area (Å²) in [4.78, 5) is 25.5. The number of nitrogens with two attached hydrogens (primary N) is 1. The molecule has 108 valence electrons. The first-order chi connectivity index (χ1) is 9.26. The summed E-state index contributed by atoms with van der Waals surface area (Å²) in [6.45, 7) is 7.98. The first kappa shape index (κ1) is 14.5. The zero-order valence-electron chi connectivity index (χ0n) is 12.6. The van der Waals surface area contributed by atoms with Gasteiger partial charge in [0.25, 0.3) is 5.91 Å². The van der Waals surface area contributed by atoms with Crippen LogP contribution in [0.4, 0.5) is 4.79 Å². The number of hydrogen-bond donors (Lipinski definition) is 2. The Balaban J connectivity index is 2.77. The van der Waals surface area contributed by atoms with Crippen molar-refractivity contribution in [2.75, 3.05) is 13.6 Å². The number of nitrogens with one attached hydrogen (secondary N) is 1. The van der Waals surface area contributed by atoms with Crippen molar-refractivity contribution in [2.45, 2.75) is 33.2 Å². The molecule has 1 aliphatic rings. The van der Waals surface area contributed by atoms with Gasteiger partial charge < -0.3 is 11.1 Å². The van der Waals surface area contributed by atoms with Gasteiger partial charge in [-0.1, -0.05) is 6.07 Å². The number of urea groups is 1. The first-order valence-corrected chi connectivity index (χ1v) is 6.64. The molecule has 1 aromatic rings. The number of likely N-dealkylation sites (N-methyl/N-ethyl adjacent to an activating group) is 1. The predicted octanol–water partition coefficient (Wildman–Crippen LogP) is 1.26. The minimum atomic E-state index is -1.14. The van der Waals surface area contributed by atoms with Gasteiger partial charge in [-0.25, -0.2) is 4.79 Å². The van der Waals surface area contributed by atoms with E-state index in [0.717, 1.165) is 32.7 Å². The summed E-state index contributed by atoms with van der Waals surface area (Å²) >= 11 is 0. The fourth-order valence-corrected chi connectivity index (χ4v) is 2.97. The van der Waals surface area contributed by atoms with E-state index in [-0.39, 0.29) is 12.5 Å². The van der Waals surface area contributed by atoms with Crippen molar-refractivity contribution in [1.82, 2.24) is 10.2 Å². The van der Waals surface area contributed by atoms with E-state index in [9.17, 15) is 9.59 Å². The van der Waals surface area contributed by atoms with Crippen LogP contribution in [0.15, 0.2) is 6.07 Å². The number of imide groups is 1. The van der Waals surface area contributed by atoms with Crippen LogP contribution in [-0.2, 0) is 10.3 Å². The molecule has 0 bridgehead atoms. The van der Waals surface area contributed by atoms with Crippen LogP contribution in [0.3, 0.4) is 0 Å². The minimum absolute atomic E-state index is 0.0481. The Kier molecular flexibility index (Phi) is 3.34. The van der Waals surface area contributed by atoms with E-state index in [4.69, 9.17) is 5.73 Å². The Morgan fingerprint density at radius 3 is 2.00 bits per heavy atom. The van der Waals surface area contributed by atoms with Crippen molar-refractivity contribution in [3.63, 3.8) is 0 Å². The third kappa shape index (κ3) is 1.73. The lowest BCUT2D eigenvalue weighted by Gasteiger charge is -2.30. The van der Waals surface area contributed by atoms with Crippen LogP contribution >= 0.6 is 0 Å². The Bertz CT molecular complexity index is 583. The van der Waals surface area contributed by atoms with E-state index in [0.29, 0.717) is 0 Å². The number of amides is 3. The van der Waals surface area contributed by atoms with E-state index in [2.05, 4.69) is 11.4 Å². The molecule has 0 aliphatic carbocycles. The van der Waals surface area contributed by atoms with Crippen molar-refractivity contribution in [3.05, 3.63) is 33.9 Å². The minimum Gasteiger partial charge on any atom is -0.327 e. The van der Waals surface area contributed by atoms with Crippen LogP contribution in [0.2, 0.25) is 0 Å². The lowest BCUT2D eigenvalue weighted by atomic mass is 9.80. The second-order valence-corrected chi connectivity index (χ2v) is 5.54. The van der Waals surface area contributed by atoms with Gasteiger partial charge in [0.1, 0.15) is 0 Å². The molecule has 1 aliphatic heterocycles. The molecule has 2 rings (SSSR count). The zero-order valence-corrected chi connectivity index (χ0v) is 12.6. The first-order valence-electron chi connectivity index (χ1n) is 6.64. The average Bonchev–Trinajstić information content (AvgIpc) is 2.62. The van der Waals surface area contributed by atoms with Gasteiger partial charge in [-0.05, 0) is 55.5 Å². The molecule has 1 atom stereocenters. The Hall–Kier alpha value is -1.88. The average molecular weight is 275 g/mol. The van der Waals surface area contributed by atoms with Crippen molar-refractivity contribution in [2.24, 2.45) is 5.73 Å². The lowest BCUT2D eigenvalue weighted by Crippen LogP contribution is -2.51. The number of nitrogens with zero attached hydrogens (tertiary/aromatic N) is 1. The molecule has 0 spiro atoms. The monoisotopic (exact) mass is 275 g/mol. The molecular formula is C15H21N3O2. The third-order valence-corrected chi connectivity index (χ3v) is 4.39. The maximum atomic E-state index is 12.6. The standard InChI is InChI=1S/C15H21N3O2/c1-8-6-9(2)11(4)12(10(8)3)15(7-16)13(19)18(5)14(20)17-15/h6H,7,16H2,1-5H3,(H,17,20). The highest BCUT2D eigenvalue weighted by Gasteiger charge is 2.51. The number of carbonyl (C=O) groups excluding carboxylic acids is 2. The fourth-order valence-electron chi connectivity index (χ4n) is 2.97. The van der Waals surface area contributed by atoms with E-state index in [1.807, 2.05) is 27.7 Å². The van der Waals surface area contributed by atoms with Gasteiger partial charge in [-0.2, -0.15) is 0 Å². The molecule has 1 unspecified atom stereocenters. The smallest absolute Gasteiger partial charge is 0.325 e. The highest BCUT2D eigenvalue weighted by atomic mass is 16.2. The van der Waals surface area contributed by atoms with Gasteiger partial charge in [-0.15, -0.1) is 0 Å². The van der Waals surface area contributed by atoms with Crippen LogP contribution in [0, 0.1) is 27.7 Å². The molecule has 3 amide bonds. The van der Waals surface area contributed by atoms with E-state index < -0.39 is 11.6 Å². The molecular weight excluding hydrogens is 254 g/mol. The SMILES string of the molecule is Cc1cc(C)c(C)c(C2(CN)NC(=O)N(C)C2=O)c1C. The van der Waals surface area contributed by atoms with Gasteiger partial charge in [0.15, 0.2) is 5.54 Å². The molecule has 5 nitrogen and oxygen atoms in total. The Morgan fingerprint density at radius 2 is 1.65 bits per heavy atom. The lowest BCUT2D eigenvalue weighted by molar-refractivity contribution is -0.130. The summed E-state index contributed by atoms with van der Waals surface area (Å²) in [5.74, 6) is -0.291. The molecule has 0 radical (unpaired) electrons. The fraction of sp³-hybridized carbons (Fsp3) is 0.467. The van der Waals surface area contributed by atoms with Crippen LogP contribution in [-0.4, -0.2) is 30.4 Å². The van der Waals surface area contributed by atoms with E-state index in [1.165, 1.54) is 7.05 Å². The molecule has 1 saturated heterocycles. The van der Waals surface area contributed by atoms with Crippen molar-refractivity contribution in [3.8, 4) is 0 Å². The number of aryl methyl sites for hydroxylation is 2. The van der Waals surface area contributed by atoms with Crippen LogP contribution in [0.5, 0.6) is 0 Å². The molecule has 0 aromatic heterocycles. The van der Waals surface area contributed by atoms with Crippen molar-refractivity contribution in [1.29, 1.82) is 0 Å². The normalized spacial score (nSPS) is 22.4. The largest absolute Gasteiger partial charge is 0.327 e. The Morgan fingerprint density at radius 1 is 1.15 bits per heavy atom. The summed E-state index contributed by atoms with van der Waals surface area (Å²) in [6.07, 6.45) is 0. The van der Waals surface area contributed by atoms with Gasteiger partial charge in [0, 0.05) is 13.6 Å². The highest BCUT2D eigenvalue weighted by molar-refractivity contribution is 6.07. The van der Waals surface area contributed by atoms with Gasteiger partial charge in [0.05, 0.1) is 0 Å². The molecule has 0 saturated carbocycles. The molecule has 1 heterocycles. The molecule has 1 fully saturated rings. The third-order valence-electron chi connectivity index (χ3n) is 4.39. The topological polar surface area (TPSA) is 75.4 Å². The maximum Gasteiger partial charge on any atom is 0.325 e. The second kappa shape index (κ2) is 4.59. The summed E-state index contributed by atoms with van der Waals surface area (Å²) in [5.41, 5.74) is 9.77. The highest BCUT2D eigenvalue weighted by Crippen LogP contribution is 2.35. The van der Waals surface area contributed by atoms with Crippen LogP contribution < -0.4 is 11.1 Å². The van der Waals surface area contributed by atoms with Crippen molar-refractivity contribution < 1.29 is 9.59 Å². The summed E-state index contributed by atoms with van der Waals surface area (Å²) in [6, 6.07) is 1.68. The number of carbonyl (C=O) groups is 2. The summed E-state index contributed by atoms with van der Waals surface area (Å²) < 4.78 is 0. The molecule has 3 N–H and O–H groups in total. The van der Waals surface area contributed by atoms with Crippen molar-refractivity contribution >= 4 is 11.9 Å². The molecule has 1 aromatic carbocycles. The van der Waals surface area contributed by atoms with Crippen LogP contribution in [0.1, 0.15) is 27.8 Å². The second-order valence-electron chi connectivity index (χ2n) is 5.54. The quantitative estimate of drug-likeness (QED) is 0.798. The predicted molar refractivity (Wildman–Crippen MR) is 77.4 cm³/mol. The van der Waals surface area contributed by atoms with Gasteiger partial charge in [0.2, 0.25) is 0 Å². The van der Waals surface area contributed by atoms with E-state index in [1.54, 1.807) is 0 Å². The summed E-state index contributed by atoms with van der Waals surface area (Å²) in [7, 11) is 1.47. The number of rotatable bonds is 2. The molecule has 20 heavy (non-hydrogen) atoms. The van der Waals surface area contributed by atoms with Crippen LogP contribution in [0.25, 0.3) is 0 Å². The number of hydrogen-bond acceptors (Lipinski definition) is 3. The van der Waals surface area contributed by atoms with E-state index >= 15 is 0 Å².